The number of alkyl halides is 3. The van der Waals surface area contributed by atoms with Crippen LogP contribution in [0.15, 0.2) is 34.5 Å². The van der Waals surface area contributed by atoms with E-state index in [0.717, 1.165) is 25.3 Å². The predicted molar refractivity (Wildman–Crippen MR) is 68.6 cm³/mol. The maximum Gasteiger partial charge on any atom is 0.416 e. The molecule has 0 saturated heterocycles. The van der Waals surface area contributed by atoms with Gasteiger partial charge in [0.1, 0.15) is 6.61 Å². The molecule has 0 aliphatic heterocycles. The van der Waals surface area contributed by atoms with Gasteiger partial charge in [-0.1, -0.05) is 6.07 Å². The number of halogens is 3. The van der Waals surface area contributed by atoms with Crippen molar-refractivity contribution in [3.8, 4) is 0 Å². The average Bonchev–Trinajstić information content (AvgIpc) is 2.47. The minimum atomic E-state index is -4.53. The highest BCUT2D eigenvalue weighted by atomic mass is 19.4. The first-order valence-electron chi connectivity index (χ1n) is 5.97. The van der Waals surface area contributed by atoms with Gasteiger partial charge < -0.3 is 9.47 Å². The van der Waals surface area contributed by atoms with E-state index in [4.69, 9.17) is 0 Å². The van der Waals surface area contributed by atoms with Gasteiger partial charge in [0.2, 0.25) is 6.04 Å². The highest BCUT2D eigenvalue weighted by molar-refractivity contribution is 6.03. The number of methoxy groups -OCH3 is 2. The van der Waals surface area contributed by atoms with Crippen molar-refractivity contribution in [1.82, 2.24) is 0 Å². The van der Waals surface area contributed by atoms with Crippen LogP contribution >= 0.6 is 0 Å². The minimum Gasteiger partial charge on any atom is -0.467 e. The molecule has 0 radical (unpaired) electrons. The van der Waals surface area contributed by atoms with Crippen LogP contribution < -0.4 is 0 Å². The largest absolute Gasteiger partial charge is 0.467 e. The number of carbonyl (C=O) groups excluding carboxylic acids is 2. The third kappa shape index (κ3) is 4.92. The molecular formula is C13H13F3N2O4. The summed E-state index contributed by atoms with van der Waals surface area (Å²) in [5, 5.41) is 6.96. The van der Waals surface area contributed by atoms with E-state index in [1.54, 1.807) is 0 Å². The zero-order valence-corrected chi connectivity index (χ0v) is 11.8. The van der Waals surface area contributed by atoms with Crippen LogP contribution in [0.4, 0.5) is 18.9 Å². The fraction of sp³-hybridized carbons (Fsp3) is 0.385. The number of ether oxygens (including phenoxy) is 2. The summed E-state index contributed by atoms with van der Waals surface area (Å²) in [7, 11) is 2.30. The fourth-order valence-electron chi connectivity index (χ4n) is 1.44. The standard InChI is InChI=1S/C13H13F3N2O4/c1-21-7-10(19)11(12(20)22-2)18-17-9-5-3-4-8(6-9)13(14,15)16/h3-6,11H,7H2,1-2H3. The van der Waals surface area contributed by atoms with Crippen LogP contribution in [0.25, 0.3) is 0 Å². The van der Waals surface area contributed by atoms with Crippen molar-refractivity contribution in [3.05, 3.63) is 29.8 Å². The van der Waals surface area contributed by atoms with Gasteiger partial charge in [-0.3, -0.25) is 4.79 Å². The van der Waals surface area contributed by atoms with Crippen LogP contribution in [0.5, 0.6) is 0 Å². The Morgan fingerprint density at radius 2 is 1.95 bits per heavy atom. The Morgan fingerprint density at radius 1 is 1.27 bits per heavy atom. The number of rotatable bonds is 6. The smallest absolute Gasteiger partial charge is 0.416 e. The number of ketones is 1. The summed E-state index contributed by atoms with van der Waals surface area (Å²) in [6.07, 6.45) is -4.53. The zero-order valence-electron chi connectivity index (χ0n) is 11.8. The minimum absolute atomic E-state index is 0.144. The van der Waals surface area contributed by atoms with Gasteiger partial charge in [-0.25, -0.2) is 4.79 Å². The van der Waals surface area contributed by atoms with E-state index in [1.165, 1.54) is 13.2 Å². The van der Waals surface area contributed by atoms with Crippen molar-refractivity contribution in [3.63, 3.8) is 0 Å². The topological polar surface area (TPSA) is 77.3 Å². The molecule has 0 aliphatic rings. The van der Waals surface area contributed by atoms with Crippen LogP contribution in [-0.2, 0) is 25.2 Å². The quantitative estimate of drug-likeness (QED) is 0.459. The highest BCUT2D eigenvalue weighted by Crippen LogP contribution is 2.31. The fourth-order valence-corrected chi connectivity index (χ4v) is 1.44. The second-order valence-electron chi connectivity index (χ2n) is 4.09. The van der Waals surface area contributed by atoms with E-state index in [1.807, 2.05) is 0 Å². The van der Waals surface area contributed by atoms with Crippen molar-refractivity contribution in [2.75, 3.05) is 20.8 Å². The molecule has 1 rings (SSSR count). The average molecular weight is 318 g/mol. The Hall–Kier alpha value is -2.29. The molecule has 0 aromatic heterocycles. The lowest BCUT2D eigenvalue weighted by Crippen LogP contribution is -2.31. The summed E-state index contributed by atoms with van der Waals surface area (Å²) in [4.78, 5) is 23.1. The van der Waals surface area contributed by atoms with Crippen LogP contribution in [-0.4, -0.2) is 38.6 Å². The molecule has 22 heavy (non-hydrogen) atoms. The third-order valence-corrected chi connectivity index (χ3v) is 2.48. The molecule has 1 aromatic rings. The molecular weight excluding hydrogens is 305 g/mol. The Labute approximate surface area is 123 Å². The highest BCUT2D eigenvalue weighted by Gasteiger charge is 2.31. The van der Waals surface area contributed by atoms with Crippen LogP contribution in [0, 0.1) is 0 Å². The Morgan fingerprint density at radius 3 is 2.50 bits per heavy atom. The lowest BCUT2D eigenvalue weighted by molar-refractivity contribution is -0.146. The van der Waals surface area contributed by atoms with Gasteiger partial charge in [-0.15, -0.1) is 0 Å². The van der Waals surface area contributed by atoms with Gasteiger partial charge in [0.15, 0.2) is 5.78 Å². The summed E-state index contributed by atoms with van der Waals surface area (Å²) < 4.78 is 46.7. The summed E-state index contributed by atoms with van der Waals surface area (Å²) in [5.74, 6) is -1.69. The zero-order chi connectivity index (χ0) is 16.8. The van der Waals surface area contributed by atoms with Crippen molar-refractivity contribution >= 4 is 17.4 Å². The summed E-state index contributed by atoms with van der Waals surface area (Å²) >= 11 is 0. The number of benzene rings is 1. The lowest BCUT2D eigenvalue weighted by Gasteiger charge is -2.08. The third-order valence-electron chi connectivity index (χ3n) is 2.48. The van der Waals surface area contributed by atoms with Crippen LogP contribution in [0.3, 0.4) is 0 Å². The first kappa shape index (κ1) is 17.8. The normalized spacial score (nSPS) is 13.1. The Bertz CT molecular complexity index is 573. The molecule has 0 fully saturated rings. The molecule has 0 spiro atoms. The van der Waals surface area contributed by atoms with E-state index in [2.05, 4.69) is 19.7 Å². The maximum absolute atomic E-state index is 12.6. The van der Waals surface area contributed by atoms with Crippen molar-refractivity contribution in [2.45, 2.75) is 12.2 Å². The van der Waals surface area contributed by atoms with E-state index < -0.39 is 36.1 Å². The number of hydrogen-bond donors (Lipinski definition) is 0. The van der Waals surface area contributed by atoms with Gasteiger partial charge in [-0.2, -0.15) is 23.4 Å². The van der Waals surface area contributed by atoms with Crippen molar-refractivity contribution in [1.29, 1.82) is 0 Å². The molecule has 0 amide bonds. The first-order valence-corrected chi connectivity index (χ1v) is 5.97. The molecule has 9 heteroatoms. The molecule has 0 saturated carbocycles. The van der Waals surface area contributed by atoms with E-state index >= 15 is 0 Å². The molecule has 1 unspecified atom stereocenters. The lowest BCUT2D eigenvalue weighted by atomic mass is 10.2. The number of hydrogen-bond acceptors (Lipinski definition) is 6. The van der Waals surface area contributed by atoms with Crippen LogP contribution in [0.2, 0.25) is 0 Å². The number of carbonyl (C=O) groups is 2. The summed E-state index contributed by atoms with van der Waals surface area (Å²) in [5.41, 5.74) is -1.06. The Balaban J connectivity index is 3.00. The van der Waals surface area contributed by atoms with Crippen LogP contribution in [0.1, 0.15) is 5.56 Å². The molecule has 0 heterocycles. The summed E-state index contributed by atoms with van der Waals surface area (Å²) in [6.45, 7) is -0.401. The molecule has 1 atom stereocenters. The Kier molecular flexibility index (Phi) is 6.17. The van der Waals surface area contributed by atoms with E-state index in [0.29, 0.717) is 0 Å². The van der Waals surface area contributed by atoms with Crippen molar-refractivity contribution in [2.24, 2.45) is 10.2 Å². The number of azo groups is 1. The van der Waals surface area contributed by atoms with Gasteiger partial charge in [0.25, 0.3) is 0 Å². The molecule has 120 valence electrons. The van der Waals surface area contributed by atoms with Gasteiger partial charge in [0, 0.05) is 7.11 Å². The second-order valence-corrected chi connectivity index (χ2v) is 4.09. The first-order chi connectivity index (χ1) is 10.3. The second kappa shape index (κ2) is 7.64. The summed E-state index contributed by atoms with van der Waals surface area (Å²) in [6, 6.07) is 2.43. The number of esters is 1. The monoisotopic (exact) mass is 318 g/mol. The number of nitrogens with zero attached hydrogens (tertiary/aromatic N) is 2. The maximum atomic E-state index is 12.6. The molecule has 0 bridgehead atoms. The van der Waals surface area contributed by atoms with Gasteiger partial charge in [0.05, 0.1) is 18.4 Å². The number of Topliss-reactive ketones (excluding diaryl/α,β-unsaturated/α-hetero) is 1. The predicted octanol–water partition coefficient (Wildman–Crippen LogP) is 2.55. The van der Waals surface area contributed by atoms with Crippen molar-refractivity contribution < 1.29 is 32.2 Å². The van der Waals surface area contributed by atoms with Gasteiger partial charge >= 0.3 is 12.1 Å². The van der Waals surface area contributed by atoms with Gasteiger partial charge in [-0.05, 0) is 18.2 Å². The van der Waals surface area contributed by atoms with E-state index in [9.17, 15) is 22.8 Å². The molecule has 0 aliphatic carbocycles. The van der Waals surface area contributed by atoms with E-state index in [-0.39, 0.29) is 5.69 Å². The molecule has 1 aromatic carbocycles. The molecule has 0 N–H and O–H groups in total. The molecule has 6 nitrogen and oxygen atoms in total. The SMILES string of the molecule is COCC(=O)C(N=Nc1cccc(C(F)(F)F)c1)C(=O)OC.